The van der Waals surface area contributed by atoms with Crippen LogP contribution in [0.1, 0.15) is 39.0 Å². The third-order valence-electron chi connectivity index (χ3n) is 3.27. The van der Waals surface area contributed by atoms with Crippen molar-refractivity contribution in [2.24, 2.45) is 11.3 Å². The topological polar surface area (TPSA) is 80.3 Å². The van der Waals surface area contributed by atoms with E-state index in [0.29, 0.717) is 12.8 Å². The molecular formula is C10H14LiNaO4. The second-order valence-corrected chi connectivity index (χ2v) is 4.11. The fraction of sp³-hybridized carbons (Fsp3) is 0.800. The van der Waals surface area contributed by atoms with E-state index < -0.39 is 17.4 Å². The second-order valence-electron chi connectivity index (χ2n) is 4.11. The first-order valence-corrected chi connectivity index (χ1v) is 4.92. The van der Waals surface area contributed by atoms with Gasteiger partial charge in [0.05, 0.1) is 11.9 Å². The van der Waals surface area contributed by atoms with Crippen LogP contribution in [-0.4, -0.2) is 11.9 Å². The standard InChI is InChI=1S/C10H16O4.Li.Na/c1-10(8(11)12,9(13)14)7-5-3-2-4-6-7;;/h7H,2-6H2,1H3,(H,11,12)(H,13,14);;/q;2*+1/p-2. The molecule has 16 heavy (non-hydrogen) atoms. The molecule has 0 aliphatic heterocycles. The molecule has 0 unspecified atom stereocenters. The minimum absolute atomic E-state index is 0. The van der Waals surface area contributed by atoms with E-state index in [-0.39, 0.29) is 54.3 Å². The van der Waals surface area contributed by atoms with Crippen LogP contribution in [-0.2, 0) is 9.59 Å². The molecule has 0 aromatic carbocycles. The number of carboxylic acids is 2. The summed E-state index contributed by atoms with van der Waals surface area (Å²) in [6.07, 6.45) is 4.10. The number of carbonyl (C=O) groups is 2. The molecule has 1 aliphatic rings. The molecule has 0 bridgehead atoms. The van der Waals surface area contributed by atoms with Crippen molar-refractivity contribution in [2.45, 2.75) is 39.0 Å². The maximum absolute atomic E-state index is 10.8. The number of carbonyl (C=O) groups excluding carboxylic acids is 2. The van der Waals surface area contributed by atoms with Crippen molar-refractivity contribution < 1.29 is 68.2 Å². The van der Waals surface area contributed by atoms with Gasteiger partial charge in [-0.2, -0.15) is 0 Å². The Morgan fingerprint density at radius 2 is 1.44 bits per heavy atom. The second kappa shape index (κ2) is 7.79. The van der Waals surface area contributed by atoms with Gasteiger partial charge in [-0.15, -0.1) is 0 Å². The molecule has 4 nitrogen and oxygen atoms in total. The van der Waals surface area contributed by atoms with Gasteiger partial charge in [0.25, 0.3) is 0 Å². The van der Waals surface area contributed by atoms with Crippen LogP contribution in [0.15, 0.2) is 0 Å². The molecule has 0 aromatic rings. The van der Waals surface area contributed by atoms with Gasteiger partial charge in [0.1, 0.15) is 0 Å². The first-order chi connectivity index (χ1) is 6.49. The minimum Gasteiger partial charge on any atom is -0.549 e. The van der Waals surface area contributed by atoms with Crippen LogP contribution in [0.25, 0.3) is 0 Å². The third kappa shape index (κ3) is 3.78. The Kier molecular flexibility index (Phi) is 9.19. The Morgan fingerprint density at radius 1 is 1.06 bits per heavy atom. The normalized spacial score (nSPS) is 16.8. The summed E-state index contributed by atoms with van der Waals surface area (Å²) in [5, 5.41) is 21.7. The Balaban J connectivity index is 0. The van der Waals surface area contributed by atoms with Gasteiger partial charge in [0.15, 0.2) is 0 Å². The molecule has 6 heteroatoms. The van der Waals surface area contributed by atoms with Gasteiger partial charge < -0.3 is 19.8 Å². The summed E-state index contributed by atoms with van der Waals surface area (Å²) in [6.45, 7) is 1.20. The molecule has 0 saturated heterocycles. The number of aliphatic carboxylic acids is 2. The molecule has 80 valence electrons. The summed E-state index contributed by atoms with van der Waals surface area (Å²) in [6, 6.07) is 0. The minimum atomic E-state index is -1.82. The van der Waals surface area contributed by atoms with Crippen molar-refractivity contribution in [3.05, 3.63) is 0 Å². The van der Waals surface area contributed by atoms with Crippen LogP contribution >= 0.6 is 0 Å². The molecule has 1 saturated carbocycles. The van der Waals surface area contributed by atoms with Crippen LogP contribution in [0, 0.1) is 11.3 Å². The van der Waals surface area contributed by atoms with E-state index in [1.165, 1.54) is 6.92 Å². The zero-order valence-electron chi connectivity index (χ0n) is 10.2. The van der Waals surface area contributed by atoms with E-state index in [4.69, 9.17) is 0 Å². The summed E-state index contributed by atoms with van der Waals surface area (Å²) in [4.78, 5) is 21.7. The summed E-state index contributed by atoms with van der Waals surface area (Å²) in [5.74, 6) is -3.39. The zero-order valence-corrected chi connectivity index (χ0v) is 12.2. The SMILES string of the molecule is CC(C(=O)[O-])(C(=O)[O-])C1CCCCC1.[Li+].[Na+]. The predicted octanol–water partition coefficient (Wildman–Crippen LogP) is -6.92. The molecule has 0 aromatic heterocycles. The van der Waals surface area contributed by atoms with Crippen molar-refractivity contribution in [3.63, 3.8) is 0 Å². The number of hydrogen-bond donors (Lipinski definition) is 0. The van der Waals surface area contributed by atoms with Crippen molar-refractivity contribution in [3.8, 4) is 0 Å². The van der Waals surface area contributed by atoms with Crippen molar-refractivity contribution in [2.75, 3.05) is 0 Å². The molecule has 0 N–H and O–H groups in total. The average Bonchev–Trinajstić information content (AvgIpc) is 2.17. The Hall–Kier alpha value is 0.537. The van der Waals surface area contributed by atoms with Gasteiger partial charge in [-0.3, -0.25) is 0 Å². The van der Waals surface area contributed by atoms with Gasteiger partial charge >= 0.3 is 48.4 Å². The van der Waals surface area contributed by atoms with E-state index in [0.717, 1.165) is 19.3 Å². The Morgan fingerprint density at radius 3 is 1.75 bits per heavy atom. The van der Waals surface area contributed by atoms with E-state index in [1.807, 2.05) is 0 Å². The fourth-order valence-corrected chi connectivity index (χ4v) is 2.10. The Labute approximate surface area is 130 Å². The van der Waals surface area contributed by atoms with E-state index in [2.05, 4.69) is 0 Å². The van der Waals surface area contributed by atoms with Gasteiger partial charge in [-0.1, -0.05) is 19.3 Å². The van der Waals surface area contributed by atoms with Crippen LogP contribution < -0.4 is 58.6 Å². The summed E-state index contributed by atoms with van der Waals surface area (Å²) in [7, 11) is 0. The summed E-state index contributed by atoms with van der Waals surface area (Å²) in [5.41, 5.74) is -1.82. The molecule has 1 fully saturated rings. The first-order valence-electron chi connectivity index (χ1n) is 4.92. The fourth-order valence-electron chi connectivity index (χ4n) is 2.10. The number of rotatable bonds is 3. The summed E-state index contributed by atoms with van der Waals surface area (Å²) < 4.78 is 0. The van der Waals surface area contributed by atoms with Crippen molar-refractivity contribution in [1.82, 2.24) is 0 Å². The summed E-state index contributed by atoms with van der Waals surface area (Å²) >= 11 is 0. The zero-order chi connectivity index (χ0) is 10.8. The quantitative estimate of drug-likeness (QED) is 0.355. The van der Waals surface area contributed by atoms with Gasteiger partial charge in [-0.05, 0) is 25.7 Å². The molecule has 0 heterocycles. The molecule has 1 rings (SSSR count). The molecule has 0 atom stereocenters. The van der Waals surface area contributed by atoms with Gasteiger partial charge in [-0.25, -0.2) is 0 Å². The maximum Gasteiger partial charge on any atom is 1.00 e. The smallest absolute Gasteiger partial charge is 0.549 e. The molecule has 1 aliphatic carbocycles. The van der Waals surface area contributed by atoms with E-state index in [1.54, 1.807) is 0 Å². The van der Waals surface area contributed by atoms with Crippen LogP contribution in [0.2, 0.25) is 0 Å². The van der Waals surface area contributed by atoms with Crippen LogP contribution in [0.3, 0.4) is 0 Å². The van der Waals surface area contributed by atoms with Gasteiger partial charge in [0.2, 0.25) is 0 Å². The predicted molar refractivity (Wildman–Crippen MR) is 44.7 cm³/mol. The Bertz CT molecular complexity index is 237. The first kappa shape index (κ1) is 18.9. The number of carboxylic acid groups (broad SMARTS) is 2. The van der Waals surface area contributed by atoms with Crippen molar-refractivity contribution >= 4 is 11.9 Å². The molecular weight excluding hydrogens is 214 g/mol. The van der Waals surface area contributed by atoms with E-state index >= 15 is 0 Å². The van der Waals surface area contributed by atoms with Gasteiger partial charge in [0, 0.05) is 5.41 Å². The monoisotopic (exact) mass is 228 g/mol. The average molecular weight is 228 g/mol. The maximum atomic E-state index is 10.8. The molecule has 0 spiro atoms. The van der Waals surface area contributed by atoms with Crippen LogP contribution in [0.4, 0.5) is 0 Å². The largest absolute Gasteiger partial charge is 1.00 e. The number of hydrogen-bond acceptors (Lipinski definition) is 4. The van der Waals surface area contributed by atoms with E-state index in [9.17, 15) is 19.8 Å². The molecule has 0 amide bonds. The van der Waals surface area contributed by atoms with Crippen LogP contribution in [0.5, 0.6) is 0 Å². The van der Waals surface area contributed by atoms with Crippen molar-refractivity contribution in [1.29, 1.82) is 0 Å². The molecule has 0 radical (unpaired) electrons. The third-order valence-corrected chi connectivity index (χ3v) is 3.27.